The third-order valence-electron chi connectivity index (χ3n) is 4.53. The highest BCUT2D eigenvalue weighted by Gasteiger charge is 2.12. The first kappa shape index (κ1) is 19.3. The number of hydrazone groups is 1. The highest BCUT2D eigenvalue weighted by molar-refractivity contribution is 5.95. The summed E-state index contributed by atoms with van der Waals surface area (Å²) in [6, 6.07) is 23.1. The second-order valence-electron chi connectivity index (χ2n) is 6.79. The summed E-state index contributed by atoms with van der Waals surface area (Å²) >= 11 is 0. The zero-order valence-electron chi connectivity index (χ0n) is 16.3. The van der Waals surface area contributed by atoms with Crippen LogP contribution in [-0.2, 0) is 0 Å². The number of nitrogens with one attached hydrogen (secondary N) is 1. The fraction of sp³-hybridized carbons (Fsp3) is 0.0417. The van der Waals surface area contributed by atoms with E-state index in [-0.39, 0.29) is 0 Å². The summed E-state index contributed by atoms with van der Waals surface area (Å²) in [5, 5.41) is 8.81. The summed E-state index contributed by atoms with van der Waals surface area (Å²) in [4.78, 5) is 12.2. The SMILES string of the molecule is Cc1cccc(-c2nn(-c3ccccc3)cc2/C=N/NC(=O)c2ccc(F)cc2)c1. The Kier molecular flexibility index (Phi) is 5.48. The molecule has 0 saturated heterocycles. The highest BCUT2D eigenvalue weighted by atomic mass is 19.1. The van der Waals surface area contributed by atoms with Crippen LogP contribution < -0.4 is 5.43 Å². The van der Waals surface area contributed by atoms with Crippen molar-refractivity contribution >= 4 is 12.1 Å². The number of halogens is 1. The standard InChI is InChI=1S/C24H19FN4O/c1-17-6-5-7-19(14-17)23-20(16-29(28-23)22-8-3-2-4-9-22)15-26-27-24(30)18-10-12-21(25)13-11-18/h2-16H,1H3,(H,27,30)/b26-15+. The minimum Gasteiger partial charge on any atom is -0.267 e. The molecule has 1 heterocycles. The molecule has 0 aliphatic heterocycles. The lowest BCUT2D eigenvalue weighted by Gasteiger charge is -2.02. The van der Waals surface area contributed by atoms with Crippen LogP contribution in [0, 0.1) is 12.7 Å². The molecule has 0 aliphatic rings. The summed E-state index contributed by atoms with van der Waals surface area (Å²) in [7, 11) is 0. The Labute approximate surface area is 173 Å². The Balaban J connectivity index is 1.64. The molecule has 4 aromatic rings. The molecule has 148 valence electrons. The molecule has 1 amide bonds. The minimum atomic E-state index is -0.418. The van der Waals surface area contributed by atoms with E-state index in [1.807, 2.05) is 67.7 Å². The van der Waals surface area contributed by atoms with E-state index in [1.165, 1.54) is 24.3 Å². The fourth-order valence-corrected chi connectivity index (χ4v) is 3.04. The molecular weight excluding hydrogens is 379 g/mol. The number of hydrogen-bond acceptors (Lipinski definition) is 3. The first-order chi connectivity index (χ1) is 14.6. The van der Waals surface area contributed by atoms with Crippen molar-refractivity contribution < 1.29 is 9.18 Å². The van der Waals surface area contributed by atoms with Crippen LogP contribution >= 0.6 is 0 Å². The zero-order chi connectivity index (χ0) is 20.9. The lowest BCUT2D eigenvalue weighted by Crippen LogP contribution is -2.17. The Hall–Kier alpha value is -4.06. The van der Waals surface area contributed by atoms with Gasteiger partial charge in [-0.25, -0.2) is 14.5 Å². The van der Waals surface area contributed by atoms with Crippen molar-refractivity contribution in [3.8, 4) is 16.9 Å². The molecule has 0 aliphatic carbocycles. The number of amides is 1. The van der Waals surface area contributed by atoms with Crippen molar-refractivity contribution in [2.75, 3.05) is 0 Å². The molecule has 0 saturated carbocycles. The Bertz CT molecular complexity index is 1200. The number of carbonyl (C=O) groups is 1. The quantitative estimate of drug-likeness (QED) is 0.390. The smallest absolute Gasteiger partial charge is 0.267 e. The van der Waals surface area contributed by atoms with E-state index in [4.69, 9.17) is 5.10 Å². The number of benzene rings is 3. The number of hydrogen-bond donors (Lipinski definition) is 1. The van der Waals surface area contributed by atoms with Crippen molar-refractivity contribution in [3.05, 3.63) is 108 Å². The van der Waals surface area contributed by atoms with E-state index in [0.29, 0.717) is 5.56 Å². The van der Waals surface area contributed by atoms with Gasteiger partial charge in [-0.05, 0) is 49.4 Å². The van der Waals surface area contributed by atoms with Gasteiger partial charge in [-0.1, -0.05) is 42.0 Å². The molecule has 1 N–H and O–H groups in total. The molecule has 5 nitrogen and oxygen atoms in total. The molecule has 0 unspecified atom stereocenters. The van der Waals surface area contributed by atoms with E-state index in [2.05, 4.69) is 10.5 Å². The summed E-state index contributed by atoms with van der Waals surface area (Å²) in [5.41, 5.74) is 7.30. The van der Waals surface area contributed by atoms with Crippen LogP contribution in [0.3, 0.4) is 0 Å². The molecule has 0 radical (unpaired) electrons. The molecule has 30 heavy (non-hydrogen) atoms. The van der Waals surface area contributed by atoms with Crippen LogP contribution in [0.4, 0.5) is 4.39 Å². The average molecular weight is 398 g/mol. The second-order valence-corrected chi connectivity index (χ2v) is 6.79. The van der Waals surface area contributed by atoms with E-state index >= 15 is 0 Å². The van der Waals surface area contributed by atoms with Gasteiger partial charge in [-0.3, -0.25) is 4.79 Å². The van der Waals surface area contributed by atoms with Crippen molar-refractivity contribution in [2.24, 2.45) is 5.10 Å². The molecule has 1 aromatic heterocycles. The minimum absolute atomic E-state index is 0.326. The summed E-state index contributed by atoms with van der Waals surface area (Å²) in [5.74, 6) is -0.815. The maximum Gasteiger partial charge on any atom is 0.271 e. The Morgan fingerprint density at radius 2 is 1.80 bits per heavy atom. The van der Waals surface area contributed by atoms with Crippen LogP contribution in [0.25, 0.3) is 16.9 Å². The van der Waals surface area contributed by atoms with Gasteiger partial charge in [-0.15, -0.1) is 0 Å². The van der Waals surface area contributed by atoms with Gasteiger partial charge in [-0.2, -0.15) is 10.2 Å². The van der Waals surface area contributed by atoms with Gasteiger partial charge in [0.05, 0.1) is 11.9 Å². The molecule has 0 atom stereocenters. The van der Waals surface area contributed by atoms with Crippen molar-refractivity contribution in [1.29, 1.82) is 0 Å². The van der Waals surface area contributed by atoms with Crippen molar-refractivity contribution in [3.63, 3.8) is 0 Å². The number of rotatable bonds is 5. The second kappa shape index (κ2) is 8.53. The first-order valence-corrected chi connectivity index (χ1v) is 9.41. The average Bonchev–Trinajstić information content (AvgIpc) is 3.19. The number of para-hydroxylation sites is 1. The molecular formula is C24H19FN4O. The van der Waals surface area contributed by atoms with Gasteiger partial charge in [0.2, 0.25) is 0 Å². The number of aryl methyl sites for hydroxylation is 1. The van der Waals surface area contributed by atoms with Gasteiger partial charge < -0.3 is 0 Å². The van der Waals surface area contributed by atoms with Crippen LogP contribution in [0.15, 0.2) is 90.2 Å². The Morgan fingerprint density at radius 1 is 1.03 bits per heavy atom. The molecule has 0 bridgehead atoms. The van der Waals surface area contributed by atoms with Crippen molar-refractivity contribution in [2.45, 2.75) is 6.92 Å². The van der Waals surface area contributed by atoms with Gasteiger partial charge in [0, 0.05) is 22.9 Å². The van der Waals surface area contributed by atoms with E-state index in [1.54, 1.807) is 10.9 Å². The molecule has 0 fully saturated rings. The van der Waals surface area contributed by atoms with Gasteiger partial charge in [0.15, 0.2) is 0 Å². The largest absolute Gasteiger partial charge is 0.271 e. The van der Waals surface area contributed by atoms with Crippen LogP contribution in [0.5, 0.6) is 0 Å². The normalized spacial score (nSPS) is 11.0. The molecule has 3 aromatic carbocycles. The van der Waals surface area contributed by atoms with E-state index in [9.17, 15) is 9.18 Å². The monoisotopic (exact) mass is 398 g/mol. The highest BCUT2D eigenvalue weighted by Crippen LogP contribution is 2.23. The summed E-state index contributed by atoms with van der Waals surface area (Å²) in [6.07, 6.45) is 3.42. The summed E-state index contributed by atoms with van der Waals surface area (Å²) < 4.78 is 14.8. The third kappa shape index (κ3) is 4.33. The van der Waals surface area contributed by atoms with Gasteiger partial charge >= 0.3 is 0 Å². The fourth-order valence-electron chi connectivity index (χ4n) is 3.04. The predicted octanol–water partition coefficient (Wildman–Crippen LogP) is 4.75. The molecule has 6 heteroatoms. The molecule has 0 spiro atoms. The van der Waals surface area contributed by atoms with E-state index < -0.39 is 11.7 Å². The number of nitrogens with zero attached hydrogens (tertiary/aromatic N) is 3. The molecule has 4 rings (SSSR count). The van der Waals surface area contributed by atoms with Crippen LogP contribution in [-0.4, -0.2) is 21.9 Å². The zero-order valence-corrected chi connectivity index (χ0v) is 16.3. The van der Waals surface area contributed by atoms with E-state index in [0.717, 1.165) is 28.1 Å². The van der Waals surface area contributed by atoms with Gasteiger partial charge in [0.1, 0.15) is 11.5 Å². The van der Waals surface area contributed by atoms with Crippen molar-refractivity contribution in [1.82, 2.24) is 15.2 Å². The topological polar surface area (TPSA) is 59.3 Å². The predicted molar refractivity (Wildman–Crippen MR) is 115 cm³/mol. The third-order valence-corrected chi connectivity index (χ3v) is 4.53. The lowest BCUT2D eigenvalue weighted by atomic mass is 10.1. The summed E-state index contributed by atoms with van der Waals surface area (Å²) in [6.45, 7) is 2.02. The lowest BCUT2D eigenvalue weighted by molar-refractivity contribution is 0.0955. The first-order valence-electron chi connectivity index (χ1n) is 9.41. The van der Waals surface area contributed by atoms with Crippen LogP contribution in [0.2, 0.25) is 0 Å². The maximum atomic E-state index is 13.0. The Morgan fingerprint density at radius 3 is 2.53 bits per heavy atom. The van der Waals surface area contributed by atoms with Crippen LogP contribution in [0.1, 0.15) is 21.5 Å². The number of carbonyl (C=O) groups excluding carboxylic acids is 1. The number of aromatic nitrogens is 2. The van der Waals surface area contributed by atoms with Gasteiger partial charge in [0.25, 0.3) is 5.91 Å². The maximum absolute atomic E-state index is 13.0.